The van der Waals surface area contributed by atoms with Gasteiger partial charge in [0.15, 0.2) is 5.41 Å². The first-order chi connectivity index (χ1) is 6.34. The number of carbonyl (C=O) groups excluding carboxylic acids is 1. The van der Waals surface area contributed by atoms with Crippen LogP contribution in [0.1, 0.15) is 34.1 Å². The number of carboxylic acid groups (broad SMARTS) is 1. The summed E-state index contributed by atoms with van der Waals surface area (Å²) in [6, 6.07) is 0. The van der Waals surface area contributed by atoms with Crippen LogP contribution < -0.4 is 0 Å². The third-order valence-corrected chi connectivity index (χ3v) is 2.01. The number of hydrogen-bond acceptors (Lipinski definition) is 3. The van der Waals surface area contributed by atoms with E-state index >= 15 is 0 Å². The van der Waals surface area contributed by atoms with Crippen LogP contribution in [0.2, 0.25) is 0 Å². The lowest BCUT2D eigenvalue weighted by Gasteiger charge is -2.24. The van der Waals surface area contributed by atoms with Crippen LogP contribution in [-0.2, 0) is 14.3 Å². The van der Waals surface area contributed by atoms with Crippen LogP contribution in [0.15, 0.2) is 0 Å². The zero-order valence-electron chi connectivity index (χ0n) is 9.16. The summed E-state index contributed by atoms with van der Waals surface area (Å²) < 4.78 is 4.75. The molecule has 0 fully saturated rings. The van der Waals surface area contributed by atoms with Crippen molar-refractivity contribution in [3.8, 4) is 0 Å². The molecule has 0 saturated carbocycles. The van der Waals surface area contributed by atoms with E-state index in [1.165, 1.54) is 6.92 Å². The van der Waals surface area contributed by atoms with E-state index in [9.17, 15) is 9.59 Å². The summed E-state index contributed by atoms with van der Waals surface area (Å²) in [6.45, 7) is 7.03. The predicted molar refractivity (Wildman–Crippen MR) is 51.8 cm³/mol. The van der Waals surface area contributed by atoms with E-state index in [0.29, 0.717) is 6.42 Å². The molecule has 0 aliphatic heterocycles. The second-order valence-electron chi connectivity index (χ2n) is 3.96. The van der Waals surface area contributed by atoms with Crippen LogP contribution in [-0.4, -0.2) is 23.7 Å². The topological polar surface area (TPSA) is 63.6 Å². The molecule has 0 amide bonds. The Morgan fingerprint density at radius 2 is 1.93 bits per heavy atom. The molecular weight excluding hydrogens is 184 g/mol. The second-order valence-corrected chi connectivity index (χ2v) is 3.96. The van der Waals surface area contributed by atoms with E-state index in [-0.39, 0.29) is 12.5 Å². The van der Waals surface area contributed by atoms with E-state index in [0.717, 1.165) is 0 Å². The van der Waals surface area contributed by atoms with Crippen molar-refractivity contribution in [1.82, 2.24) is 0 Å². The molecule has 0 spiro atoms. The average molecular weight is 202 g/mol. The Balaban J connectivity index is 4.71. The van der Waals surface area contributed by atoms with Gasteiger partial charge in [0.25, 0.3) is 0 Å². The molecule has 1 N–H and O–H groups in total. The molecule has 0 rings (SSSR count). The maximum absolute atomic E-state index is 11.4. The average Bonchev–Trinajstić information content (AvgIpc) is 2.02. The fourth-order valence-corrected chi connectivity index (χ4v) is 1.36. The number of aliphatic carboxylic acids is 1. The highest BCUT2D eigenvalue weighted by atomic mass is 16.5. The fourth-order valence-electron chi connectivity index (χ4n) is 1.36. The Kier molecular flexibility index (Phi) is 4.60. The summed E-state index contributed by atoms with van der Waals surface area (Å²) in [7, 11) is 0. The largest absolute Gasteiger partial charge is 0.480 e. The van der Waals surface area contributed by atoms with Gasteiger partial charge in [0.2, 0.25) is 0 Å². The number of carboxylic acids is 1. The van der Waals surface area contributed by atoms with E-state index in [1.54, 1.807) is 6.92 Å². The van der Waals surface area contributed by atoms with Gasteiger partial charge in [-0.05, 0) is 26.2 Å². The Labute approximate surface area is 84.3 Å². The third-order valence-electron chi connectivity index (χ3n) is 2.01. The lowest BCUT2D eigenvalue weighted by Crippen LogP contribution is -2.39. The molecule has 1 atom stereocenters. The molecule has 0 aromatic carbocycles. The monoisotopic (exact) mass is 202 g/mol. The maximum atomic E-state index is 11.4. The zero-order valence-corrected chi connectivity index (χ0v) is 9.16. The van der Waals surface area contributed by atoms with Gasteiger partial charge in [-0.2, -0.15) is 0 Å². The van der Waals surface area contributed by atoms with Crippen LogP contribution in [0.3, 0.4) is 0 Å². The SMILES string of the molecule is CCOC(=O)C(C)(CC(C)C)C(=O)O. The van der Waals surface area contributed by atoms with Crippen LogP contribution in [0.5, 0.6) is 0 Å². The van der Waals surface area contributed by atoms with Crippen LogP contribution in [0.25, 0.3) is 0 Å². The quantitative estimate of drug-likeness (QED) is 0.544. The van der Waals surface area contributed by atoms with Gasteiger partial charge in [0.05, 0.1) is 6.61 Å². The smallest absolute Gasteiger partial charge is 0.323 e. The molecule has 0 aliphatic carbocycles. The Morgan fingerprint density at radius 1 is 1.43 bits per heavy atom. The highest BCUT2D eigenvalue weighted by Gasteiger charge is 2.43. The van der Waals surface area contributed by atoms with Crippen LogP contribution in [0.4, 0.5) is 0 Å². The summed E-state index contributed by atoms with van der Waals surface area (Å²) in [5.41, 5.74) is -1.41. The lowest BCUT2D eigenvalue weighted by molar-refractivity contribution is -0.168. The lowest BCUT2D eigenvalue weighted by atomic mass is 9.82. The first kappa shape index (κ1) is 12.9. The zero-order chi connectivity index (χ0) is 11.4. The first-order valence-corrected chi connectivity index (χ1v) is 4.75. The van der Waals surface area contributed by atoms with Crippen molar-refractivity contribution in [3.63, 3.8) is 0 Å². The molecule has 1 unspecified atom stereocenters. The van der Waals surface area contributed by atoms with E-state index in [4.69, 9.17) is 9.84 Å². The van der Waals surface area contributed by atoms with Gasteiger partial charge >= 0.3 is 11.9 Å². The Morgan fingerprint density at radius 3 is 2.21 bits per heavy atom. The van der Waals surface area contributed by atoms with Crippen molar-refractivity contribution in [2.45, 2.75) is 34.1 Å². The highest BCUT2D eigenvalue weighted by molar-refractivity contribution is 5.98. The Bertz CT molecular complexity index is 222. The minimum Gasteiger partial charge on any atom is -0.480 e. The van der Waals surface area contributed by atoms with Gasteiger partial charge in [-0.1, -0.05) is 13.8 Å². The standard InChI is InChI=1S/C10H18O4/c1-5-14-9(13)10(4,8(11)12)6-7(2)3/h7H,5-6H2,1-4H3,(H,11,12). The summed E-state index contributed by atoms with van der Waals surface area (Å²) in [5, 5.41) is 8.98. The van der Waals surface area contributed by atoms with E-state index in [1.807, 2.05) is 13.8 Å². The van der Waals surface area contributed by atoms with Crippen molar-refractivity contribution < 1.29 is 19.4 Å². The van der Waals surface area contributed by atoms with E-state index < -0.39 is 17.4 Å². The third kappa shape index (κ3) is 3.01. The number of carbonyl (C=O) groups is 2. The van der Waals surface area contributed by atoms with Gasteiger partial charge in [0.1, 0.15) is 0 Å². The number of esters is 1. The summed E-state index contributed by atoms with van der Waals surface area (Å²) in [4.78, 5) is 22.4. The summed E-state index contributed by atoms with van der Waals surface area (Å²) in [5.74, 6) is -1.63. The van der Waals surface area contributed by atoms with Gasteiger partial charge < -0.3 is 9.84 Å². The van der Waals surface area contributed by atoms with Gasteiger partial charge in [-0.3, -0.25) is 9.59 Å². The van der Waals surface area contributed by atoms with E-state index in [2.05, 4.69) is 0 Å². The molecule has 0 aromatic rings. The predicted octanol–water partition coefficient (Wildman–Crippen LogP) is 1.69. The van der Waals surface area contributed by atoms with Crippen molar-refractivity contribution in [3.05, 3.63) is 0 Å². The van der Waals surface area contributed by atoms with Crippen LogP contribution in [0, 0.1) is 11.3 Å². The number of hydrogen-bond donors (Lipinski definition) is 1. The maximum Gasteiger partial charge on any atom is 0.323 e. The molecule has 0 aromatic heterocycles. The molecule has 4 heteroatoms. The minimum absolute atomic E-state index is 0.139. The van der Waals surface area contributed by atoms with Gasteiger partial charge in [-0.15, -0.1) is 0 Å². The first-order valence-electron chi connectivity index (χ1n) is 4.75. The normalized spacial score (nSPS) is 14.9. The van der Waals surface area contributed by atoms with Crippen molar-refractivity contribution in [2.75, 3.05) is 6.61 Å². The molecule has 0 saturated heterocycles. The molecule has 14 heavy (non-hydrogen) atoms. The van der Waals surface area contributed by atoms with Crippen molar-refractivity contribution in [1.29, 1.82) is 0 Å². The highest BCUT2D eigenvalue weighted by Crippen LogP contribution is 2.28. The van der Waals surface area contributed by atoms with Crippen molar-refractivity contribution in [2.24, 2.45) is 11.3 Å². The number of rotatable bonds is 5. The van der Waals surface area contributed by atoms with Gasteiger partial charge in [0, 0.05) is 0 Å². The molecule has 4 nitrogen and oxygen atoms in total. The Hall–Kier alpha value is -1.06. The van der Waals surface area contributed by atoms with Gasteiger partial charge in [-0.25, -0.2) is 0 Å². The molecule has 0 radical (unpaired) electrons. The molecule has 0 bridgehead atoms. The fraction of sp³-hybridized carbons (Fsp3) is 0.800. The summed E-state index contributed by atoms with van der Waals surface area (Å²) in [6.07, 6.45) is 0.293. The number of ether oxygens (including phenoxy) is 1. The minimum atomic E-state index is -1.41. The van der Waals surface area contributed by atoms with Crippen molar-refractivity contribution >= 4 is 11.9 Å². The van der Waals surface area contributed by atoms with Crippen LogP contribution >= 0.6 is 0 Å². The summed E-state index contributed by atoms with van der Waals surface area (Å²) >= 11 is 0. The molecule has 0 heterocycles. The molecular formula is C10H18O4. The second kappa shape index (κ2) is 4.98. The molecule has 0 aliphatic rings. The molecule has 82 valence electrons.